The summed E-state index contributed by atoms with van der Waals surface area (Å²) in [4.78, 5) is 27.9. The third-order valence-corrected chi connectivity index (χ3v) is 4.39. The number of nitrogens with zero attached hydrogens (tertiary/aromatic N) is 2. The van der Waals surface area contributed by atoms with Gasteiger partial charge in [0.15, 0.2) is 0 Å². The van der Waals surface area contributed by atoms with Gasteiger partial charge in [0.05, 0.1) is 6.54 Å². The molecular formula is C18H27N3O2. The molecule has 0 atom stereocenters. The van der Waals surface area contributed by atoms with E-state index in [4.69, 9.17) is 0 Å². The van der Waals surface area contributed by atoms with Gasteiger partial charge in [-0.2, -0.15) is 0 Å². The Morgan fingerprint density at radius 3 is 2.30 bits per heavy atom. The first kappa shape index (κ1) is 17.5. The first-order chi connectivity index (χ1) is 11.0. The molecule has 23 heavy (non-hydrogen) atoms. The van der Waals surface area contributed by atoms with Crippen molar-refractivity contribution in [2.45, 2.75) is 26.2 Å². The summed E-state index contributed by atoms with van der Waals surface area (Å²) in [6.45, 7) is 4.09. The molecule has 1 N–H and O–H groups in total. The summed E-state index contributed by atoms with van der Waals surface area (Å²) in [7, 11) is 3.60. The summed E-state index contributed by atoms with van der Waals surface area (Å²) in [6.07, 6.45) is 2.65. The molecule has 5 heteroatoms. The molecule has 1 aliphatic heterocycles. The minimum absolute atomic E-state index is 0.00614. The number of rotatable bonds is 5. The number of benzene rings is 1. The Kier molecular flexibility index (Phi) is 6.16. The largest absolute Gasteiger partial charge is 0.349 e. The van der Waals surface area contributed by atoms with Gasteiger partial charge in [-0.15, -0.1) is 0 Å². The summed E-state index contributed by atoms with van der Waals surface area (Å²) in [5.74, 6) is 0.308. The normalized spacial score (nSPS) is 16.1. The third-order valence-electron chi connectivity index (χ3n) is 4.39. The van der Waals surface area contributed by atoms with Crippen LogP contribution >= 0.6 is 0 Å². The van der Waals surface area contributed by atoms with Gasteiger partial charge in [0, 0.05) is 25.7 Å². The number of aryl methyl sites for hydroxylation is 1. The molecular weight excluding hydrogens is 290 g/mol. The number of hydrogen-bond acceptors (Lipinski definition) is 3. The lowest BCUT2D eigenvalue weighted by atomic mass is 9.95. The Morgan fingerprint density at radius 2 is 1.78 bits per heavy atom. The van der Waals surface area contributed by atoms with Crippen molar-refractivity contribution < 1.29 is 9.59 Å². The van der Waals surface area contributed by atoms with Gasteiger partial charge in [-0.3, -0.25) is 14.5 Å². The molecule has 1 aromatic rings. The predicted molar refractivity (Wildman–Crippen MR) is 92.3 cm³/mol. The van der Waals surface area contributed by atoms with Crippen molar-refractivity contribution in [3.63, 3.8) is 0 Å². The van der Waals surface area contributed by atoms with Crippen molar-refractivity contribution >= 4 is 17.5 Å². The van der Waals surface area contributed by atoms with Crippen LogP contribution < -0.4 is 5.32 Å². The van der Waals surface area contributed by atoms with Crippen LogP contribution in [-0.2, 0) is 16.0 Å². The lowest BCUT2D eigenvalue weighted by Crippen LogP contribution is -2.43. The molecule has 1 aromatic carbocycles. The number of anilines is 1. The first-order valence-corrected chi connectivity index (χ1v) is 8.32. The molecule has 2 rings (SSSR count). The summed E-state index contributed by atoms with van der Waals surface area (Å²) >= 11 is 0. The van der Waals surface area contributed by atoms with Gasteiger partial charge in [0.2, 0.25) is 11.8 Å². The fourth-order valence-electron chi connectivity index (χ4n) is 2.93. The second kappa shape index (κ2) is 8.11. The van der Waals surface area contributed by atoms with Gasteiger partial charge < -0.3 is 10.2 Å². The predicted octanol–water partition coefficient (Wildman–Crippen LogP) is 1.99. The maximum absolute atomic E-state index is 12.1. The fourth-order valence-corrected chi connectivity index (χ4v) is 2.93. The topological polar surface area (TPSA) is 52.7 Å². The number of amides is 2. The van der Waals surface area contributed by atoms with Crippen molar-refractivity contribution in [2.75, 3.05) is 39.0 Å². The number of likely N-dealkylation sites (tertiary alicyclic amines) is 1. The van der Waals surface area contributed by atoms with Crippen LogP contribution in [0.2, 0.25) is 0 Å². The lowest BCUT2D eigenvalue weighted by Gasteiger charge is -2.31. The van der Waals surface area contributed by atoms with Crippen LogP contribution in [0.4, 0.5) is 5.69 Å². The average molecular weight is 317 g/mol. The van der Waals surface area contributed by atoms with Crippen molar-refractivity contribution in [3.05, 3.63) is 29.8 Å². The van der Waals surface area contributed by atoms with E-state index < -0.39 is 0 Å². The molecule has 1 saturated heterocycles. The molecule has 0 aromatic heterocycles. The molecule has 2 amide bonds. The minimum Gasteiger partial charge on any atom is -0.349 e. The molecule has 0 radical (unpaired) electrons. The molecule has 1 aliphatic rings. The molecule has 126 valence electrons. The zero-order valence-corrected chi connectivity index (χ0v) is 14.3. The Morgan fingerprint density at radius 1 is 1.17 bits per heavy atom. The number of carbonyl (C=O) groups is 2. The monoisotopic (exact) mass is 317 g/mol. The molecule has 5 nitrogen and oxygen atoms in total. The zero-order valence-electron chi connectivity index (χ0n) is 14.3. The Hall–Kier alpha value is -1.88. The molecule has 0 saturated carbocycles. The smallest absolute Gasteiger partial charge is 0.238 e. The van der Waals surface area contributed by atoms with Gasteiger partial charge in [0.1, 0.15) is 0 Å². The van der Waals surface area contributed by atoms with Crippen LogP contribution in [0.25, 0.3) is 0 Å². The number of hydrogen-bond donors (Lipinski definition) is 1. The summed E-state index contributed by atoms with van der Waals surface area (Å²) in [5, 5.41) is 2.94. The molecule has 1 heterocycles. The Bertz CT molecular complexity index is 532. The van der Waals surface area contributed by atoms with Crippen LogP contribution in [0.1, 0.15) is 25.3 Å². The first-order valence-electron chi connectivity index (χ1n) is 8.32. The molecule has 0 unspecified atom stereocenters. The van der Waals surface area contributed by atoms with Crippen LogP contribution in [0.3, 0.4) is 0 Å². The maximum Gasteiger partial charge on any atom is 0.238 e. The van der Waals surface area contributed by atoms with E-state index in [2.05, 4.69) is 17.1 Å². The Balaban J connectivity index is 1.77. The van der Waals surface area contributed by atoms with Crippen LogP contribution in [0, 0.1) is 5.92 Å². The summed E-state index contributed by atoms with van der Waals surface area (Å²) in [6, 6.07) is 7.96. The highest BCUT2D eigenvalue weighted by atomic mass is 16.2. The fraction of sp³-hybridized carbons (Fsp3) is 0.556. The van der Waals surface area contributed by atoms with E-state index in [1.54, 1.807) is 19.0 Å². The minimum atomic E-state index is 0.00614. The van der Waals surface area contributed by atoms with Crippen molar-refractivity contribution in [1.29, 1.82) is 0 Å². The summed E-state index contributed by atoms with van der Waals surface area (Å²) < 4.78 is 0. The third kappa shape index (κ3) is 5.06. The molecule has 1 fully saturated rings. The second-order valence-electron chi connectivity index (χ2n) is 6.38. The van der Waals surface area contributed by atoms with Crippen molar-refractivity contribution in [1.82, 2.24) is 9.80 Å². The van der Waals surface area contributed by atoms with E-state index in [0.717, 1.165) is 38.0 Å². The van der Waals surface area contributed by atoms with Crippen molar-refractivity contribution in [2.24, 2.45) is 5.92 Å². The van der Waals surface area contributed by atoms with E-state index in [-0.39, 0.29) is 17.7 Å². The molecule has 0 bridgehead atoms. The molecule has 0 aliphatic carbocycles. The highest BCUT2D eigenvalue weighted by Gasteiger charge is 2.26. The van der Waals surface area contributed by atoms with Crippen molar-refractivity contribution in [3.8, 4) is 0 Å². The van der Waals surface area contributed by atoms with E-state index >= 15 is 0 Å². The lowest BCUT2D eigenvalue weighted by molar-refractivity contribution is -0.134. The van der Waals surface area contributed by atoms with Gasteiger partial charge >= 0.3 is 0 Å². The maximum atomic E-state index is 12.1. The number of nitrogens with one attached hydrogen (secondary N) is 1. The van der Waals surface area contributed by atoms with Crippen LogP contribution in [0.5, 0.6) is 0 Å². The van der Waals surface area contributed by atoms with E-state index in [9.17, 15) is 9.59 Å². The quantitative estimate of drug-likeness (QED) is 0.903. The second-order valence-corrected chi connectivity index (χ2v) is 6.38. The van der Waals surface area contributed by atoms with E-state index in [1.807, 2.05) is 24.3 Å². The van der Waals surface area contributed by atoms with E-state index in [1.165, 1.54) is 5.56 Å². The highest BCUT2D eigenvalue weighted by molar-refractivity contribution is 5.92. The van der Waals surface area contributed by atoms with Gasteiger partial charge in [-0.1, -0.05) is 19.1 Å². The van der Waals surface area contributed by atoms with Crippen LogP contribution in [-0.4, -0.2) is 55.3 Å². The number of carbonyl (C=O) groups excluding carboxylic acids is 2. The van der Waals surface area contributed by atoms with Crippen LogP contribution in [0.15, 0.2) is 24.3 Å². The highest BCUT2D eigenvalue weighted by Crippen LogP contribution is 2.19. The Labute approximate surface area is 138 Å². The molecule has 0 spiro atoms. The standard InChI is InChI=1S/C18H27N3O2/c1-4-14-5-7-16(8-6-14)19-17(22)13-21-11-9-15(10-12-21)18(23)20(2)3/h5-8,15H,4,9-13H2,1-3H3,(H,19,22). The number of piperidine rings is 1. The van der Waals surface area contributed by atoms with Gasteiger partial charge in [0.25, 0.3) is 0 Å². The van der Waals surface area contributed by atoms with Gasteiger partial charge in [-0.25, -0.2) is 0 Å². The zero-order chi connectivity index (χ0) is 16.8. The average Bonchev–Trinajstić information content (AvgIpc) is 2.55. The van der Waals surface area contributed by atoms with E-state index in [0.29, 0.717) is 6.54 Å². The van der Waals surface area contributed by atoms with Gasteiger partial charge in [-0.05, 0) is 50.0 Å². The summed E-state index contributed by atoms with van der Waals surface area (Å²) in [5.41, 5.74) is 2.10. The SMILES string of the molecule is CCc1ccc(NC(=O)CN2CCC(C(=O)N(C)C)CC2)cc1.